The molecule has 1 saturated heterocycles. The number of carbonyl (C=O) groups is 1. The van der Waals surface area contributed by atoms with Gasteiger partial charge in [-0.1, -0.05) is 35.3 Å². The van der Waals surface area contributed by atoms with Crippen molar-refractivity contribution in [2.75, 3.05) is 43.5 Å². The second kappa shape index (κ2) is 7.85. The zero-order valence-corrected chi connectivity index (χ0v) is 15.3. The topological polar surface area (TPSA) is 44.8 Å². The third-order valence-electron chi connectivity index (χ3n) is 4.18. The summed E-state index contributed by atoms with van der Waals surface area (Å²) in [7, 11) is 1.59. The minimum atomic E-state index is -0.138. The first-order valence-corrected chi connectivity index (χ1v) is 8.73. The fraction of sp³-hybridized carbons (Fsp3) is 0.278. The van der Waals surface area contributed by atoms with Crippen LogP contribution in [-0.2, 0) is 0 Å². The Morgan fingerprint density at radius 3 is 2.40 bits per heavy atom. The van der Waals surface area contributed by atoms with Crippen molar-refractivity contribution in [2.45, 2.75) is 0 Å². The molecule has 2 aromatic rings. The van der Waals surface area contributed by atoms with Crippen molar-refractivity contribution in [3.8, 4) is 5.75 Å². The normalized spacial score (nSPS) is 14.4. The van der Waals surface area contributed by atoms with Crippen LogP contribution in [0.25, 0.3) is 0 Å². The van der Waals surface area contributed by atoms with E-state index < -0.39 is 0 Å². The van der Waals surface area contributed by atoms with Crippen LogP contribution in [0.15, 0.2) is 42.5 Å². The summed E-state index contributed by atoms with van der Waals surface area (Å²) in [6.45, 7) is 2.72. The Kier molecular flexibility index (Phi) is 5.56. The minimum absolute atomic E-state index is 0.138. The van der Waals surface area contributed by atoms with Gasteiger partial charge >= 0.3 is 6.03 Å². The zero-order valence-electron chi connectivity index (χ0n) is 13.8. The van der Waals surface area contributed by atoms with E-state index >= 15 is 0 Å². The number of anilines is 2. The Morgan fingerprint density at radius 1 is 1.04 bits per heavy atom. The zero-order chi connectivity index (χ0) is 17.8. The molecule has 3 rings (SSSR count). The van der Waals surface area contributed by atoms with Gasteiger partial charge in [-0.05, 0) is 30.3 Å². The van der Waals surface area contributed by atoms with Gasteiger partial charge in [-0.15, -0.1) is 0 Å². The van der Waals surface area contributed by atoms with Crippen molar-refractivity contribution < 1.29 is 9.53 Å². The predicted molar refractivity (Wildman–Crippen MR) is 102 cm³/mol. The summed E-state index contributed by atoms with van der Waals surface area (Å²) in [5.74, 6) is 0.656. The van der Waals surface area contributed by atoms with E-state index in [0.29, 0.717) is 34.6 Å². The molecule has 1 N–H and O–H groups in total. The summed E-state index contributed by atoms with van der Waals surface area (Å²) in [5.41, 5.74) is 1.65. The summed E-state index contributed by atoms with van der Waals surface area (Å²) >= 11 is 12.3. The molecule has 0 unspecified atom stereocenters. The molecule has 2 aromatic carbocycles. The lowest BCUT2D eigenvalue weighted by molar-refractivity contribution is 0.208. The number of nitrogens with zero attached hydrogens (tertiary/aromatic N) is 2. The fourth-order valence-electron chi connectivity index (χ4n) is 2.78. The Bertz CT molecular complexity index is 762. The highest BCUT2D eigenvalue weighted by atomic mass is 35.5. The number of methoxy groups -OCH3 is 1. The molecule has 1 heterocycles. The number of ether oxygens (including phenoxy) is 1. The number of urea groups is 1. The number of hydrogen-bond donors (Lipinski definition) is 1. The molecule has 1 aliphatic heterocycles. The van der Waals surface area contributed by atoms with E-state index in [0.717, 1.165) is 18.8 Å². The molecule has 1 fully saturated rings. The van der Waals surface area contributed by atoms with E-state index in [4.69, 9.17) is 27.9 Å². The molecular formula is C18H19Cl2N3O2. The average Bonchev–Trinajstić information content (AvgIpc) is 2.63. The minimum Gasteiger partial charge on any atom is -0.495 e. The van der Waals surface area contributed by atoms with E-state index in [1.807, 2.05) is 30.3 Å². The third kappa shape index (κ3) is 4.11. The van der Waals surface area contributed by atoms with Crippen LogP contribution in [0.5, 0.6) is 5.75 Å². The SMILES string of the molecule is COc1ccc(N2CCN(C(=O)Nc3ccccc3Cl)CC2)cc1Cl. The van der Waals surface area contributed by atoms with Crippen LogP contribution in [-0.4, -0.2) is 44.2 Å². The van der Waals surface area contributed by atoms with Gasteiger partial charge in [0.2, 0.25) is 0 Å². The van der Waals surface area contributed by atoms with Gasteiger partial charge in [-0.25, -0.2) is 4.79 Å². The molecule has 0 aromatic heterocycles. The molecule has 0 saturated carbocycles. The van der Waals surface area contributed by atoms with Gasteiger partial charge in [0.05, 0.1) is 22.8 Å². The molecule has 5 nitrogen and oxygen atoms in total. The number of carbonyl (C=O) groups excluding carboxylic acids is 1. The van der Waals surface area contributed by atoms with Gasteiger partial charge in [0.1, 0.15) is 5.75 Å². The summed E-state index contributed by atoms with van der Waals surface area (Å²) in [5, 5.41) is 3.97. The van der Waals surface area contributed by atoms with Crippen LogP contribution < -0.4 is 15.0 Å². The number of rotatable bonds is 3. The van der Waals surface area contributed by atoms with Gasteiger partial charge < -0.3 is 19.9 Å². The number of amides is 2. The first kappa shape index (κ1) is 17.7. The number of piperazine rings is 1. The van der Waals surface area contributed by atoms with E-state index in [-0.39, 0.29) is 6.03 Å². The van der Waals surface area contributed by atoms with E-state index in [9.17, 15) is 4.79 Å². The van der Waals surface area contributed by atoms with Crippen LogP contribution in [0, 0.1) is 0 Å². The number of halogens is 2. The number of para-hydroxylation sites is 1. The summed E-state index contributed by atoms with van der Waals surface area (Å²) in [6.07, 6.45) is 0. The van der Waals surface area contributed by atoms with Gasteiger partial charge in [0, 0.05) is 31.9 Å². The van der Waals surface area contributed by atoms with Gasteiger partial charge in [0.25, 0.3) is 0 Å². The molecular weight excluding hydrogens is 361 g/mol. The smallest absolute Gasteiger partial charge is 0.322 e. The lowest BCUT2D eigenvalue weighted by Crippen LogP contribution is -2.50. The second-order valence-electron chi connectivity index (χ2n) is 5.70. The summed E-state index contributed by atoms with van der Waals surface area (Å²) in [6, 6.07) is 12.8. The molecule has 0 atom stereocenters. The van der Waals surface area contributed by atoms with E-state index in [1.165, 1.54) is 0 Å². The lowest BCUT2D eigenvalue weighted by Gasteiger charge is -2.36. The second-order valence-corrected chi connectivity index (χ2v) is 6.52. The molecule has 25 heavy (non-hydrogen) atoms. The Labute approximate surface area is 157 Å². The molecule has 1 aliphatic rings. The fourth-order valence-corrected chi connectivity index (χ4v) is 3.21. The van der Waals surface area contributed by atoms with Crippen LogP contribution in [0.4, 0.5) is 16.2 Å². The molecule has 0 radical (unpaired) electrons. The monoisotopic (exact) mass is 379 g/mol. The first-order chi connectivity index (χ1) is 12.1. The lowest BCUT2D eigenvalue weighted by atomic mass is 10.2. The highest BCUT2D eigenvalue weighted by Gasteiger charge is 2.22. The Morgan fingerprint density at radius 2 is 1.76 bits per heavy atom. The predicted octanol–water partition coefficient (Wildman–Crippen LogP) is 4.36. The van der Waals surface area contributed by atoms with Crippen molar-refractivity contribution in [3.05, 3.63) is 52.5 Å². The number of nitrogens with one attached hydrogen (secondary N) is 1. The molecule has 132 valence electrons. The molecule has 0 bridgehead atoms. The van der Waals surface area contributed by atoms with Crippen LogP contribution in [0.1, 0.15) is 0 Å². The number of benzene rings is 2. The van der Waals surface area contributed by atoms with E-state index in [2.05, 4.69) is 10.2 Å². The van der Waals surface area contributed by atoms with Crippen molar-refractivity contribution in [2.24, 2.45) is 0 Å². The Hall–Kier alpha value is -2.11. The largest absolute Gasteiger partial charge is 0.495 e. The first-order valence-electron chi connectivity index (χ1n) is 7.97. The van der Waals surface area contributed by atoms with Crippen LogP contribution >= 0.6 is 23.2 Å². The molecule has 0 aliphatic carbocycles. The summed E-state index contributed by atoms with van der Waals surface area (Å²) < 4.78 is 5.18. The molecule has 2 amide bonds. The van der Waals surface area contributed by atoms with Crippen molar-refractivity contribution in [1.82, 2.24) is 4.90 Å². The van der Waals surface area contributed by atoms with Crippen LogP contribution in [0.3, 0.4) is 0 Å². The highest BCUT2D eigenvalue weighted by Crippen LogP contribution is 2.29. The quantitative estimate of drug-likeness (QED) is 0.861. The standard InChI is InChI=1S/C18H19Cl2N3O2/c1-25-17-7-6-13(12-15(17)20)22-8-10-23(11-9-22)18(24)21-16-5-3-2-4-14(16)19/h2-7,12H,8-11H2,1H3,(H,21,24). The van der Waals surface area contributed by atoms with Crippen molar-refractivity contribution in [1.29, 1.82) is 0 Å². The van der Waals surface area contributed by atoms with Gasteiger partial charge in [-0.3, -0.25) is 0 Å². The highest BCUT2D eigenvalue weighted by molar-refractivity contribution is 6.33. The van der Waals surface area contributed by atoms with Gasteiger partial charge in [-0.2, -0.15) is 0 Å². The average molecular weight is 380 g/mol. The van der Waals surface area contributed by atoms with E-state index in [1.54, 1.807) is 24.1 Å². The maximum Gasteiger partial charge on any atom is 0.322 e. The van der Waals surface area contributed by atoms with Crippen molar-refractivity contribution >= 4 is 40.6 Å². The maximum absolute atomic E-state index is 12.4. The molecule has 0 spiro atoms. The van der Waals surface area contributed by atoms with Gasteiger partial charge in [0.15, 0.2) is 0 Å². The maximum atomic E-state index is 12.4. The summed E-state index contributed by atoms with van der Waals surface area (Å²) in [4.78, 5) is 16.4. The Balaban J connectivity index is 1.59. The third-order valence-corrected chi connectivity index (χ3v) is 4.81. The van der Waals surface area contributed by atoms with Crippen LogP contribution in [0.2, 0.25) is 10.0 Å². The van der Waals surface area contributed by atoms with Crippen molar-refractivity contribution in [3.63, 3.8) is 0 Å². The number of hydrogen-bond acceptors (Lipinski definition) is 3. The molecule has 7 heteroatoms.